The van der Waals surface area contributed by atoms with Crippen molar-refractivity contribution in [2.45, 2.75) is 25.3 Å². The Morgan fingerprint density at radius 1 is 1.00 bits per heavy atom. The zero-order valence-corrected chi connectivity index (χ0v) is 20.0. The highest BCUT2D eigenvalue weighted by Crippen LogP contribution is 2.44. The van der Waals surface area contributed by atoms with Crippen molar-refractivity contribution in [1.82, 2.24) is 5.32 Å². The van der Waals surface area contributed by atoms with E-state index < -0.39 is 24.0 Å². The summed E-state index contributed by atoms with van der Waals surface area (Å²) in [6, 6.07) is 20.4. The lowest BCUT2D eigenvalue weighted by Crippen LogP contribution is -2.34. The molecule has 1 aliphatic rings. The number of carboxylic acid groups (broad SMARTS) is 1. The van der Waals surface area contributed by atoms with Crippen LogP contribution in [0.25, 0.3) is 11.1 Å². The molecule has 4 rings (SSSR count). The zero-order chi connectivity index (χ0) is 24.2. The largest absolute Gasteiger partial charge is 0.481 e. The van der Waals surface area contributed by atoms with Gasteiger partial charge in [-0.2, -0.15) is 0 Å². The lowest BCUT2D eigenvalue weighted by atomic mass is 9.98. The minimum Gasteiger partial charge on any atom is -0.481 e. The van der Waals surface area contributed by atoms with E-state index in [9.17, 15) is 14.4 Å². The highest BCUT2D eigenvalue weighted by Gasteiger charge is 2.29. The standard InChI is InChI=1S/C26H23BrN2O5/c1-15(12-24(30)31)28-25(32)16-10-11-22(27)23(13-16)29-26(33)34-14-21-19-8-4-2-6-17(19)18-7-3-5-9-20(18)21/h2-11,13,15,21H,12,14H2,1H3,(H,28,32)(H,29,33)(H,30,31)/t15-/m1/s1. The lowest BCUT2D eigenvalue weighted by Gasteiger charge is -2.16. The number of aliphatic carboxylic acids is 1. The van der Waals surface area contributed by atoms with Crippen molar-refractivity contribution in [3.05, 3.63) is 87.9 Å². The summed E-state index contributed by atoms with van der Waals surface area (Å²) in [5, 5.41) is 14.2. The van der Waals surface area contributed by atoms with E-state index in [-0.39, 0.29) is 24.5 Å². The van der Waals surface area contributed by atoms with E-state index in [1.54, 1.807) is 19.1 Å². The number of fused-ring (bicyclic) bond motifs is 3. The molecule has 8 heteroatoms. The highest BCUT2D eigenvalue weighted by molar-refractivity contribution is 9.10. The summed E-state index contributed by atoms with van der Waals surface area (Å²) in [5.74, 6) is -1.49. The number of carbonyl (C=O) groups excluding carboxylic acids is 2. The van der Waals surface area contributed by atoms with E-state index in [0.29, 0.717) is 10.2 Å². The van der Waals surface area contributed by atoms with Gasteiger partial charge in [0, 0.05) is 22.0 Å². The molecule has 0 radical (unpaired) electrons. The maximum Gasteiger partial charge on any atom is 0.411 e. The van der Waals surface area contributed by atoms with Gasteiger partial charge in [0.1, 0.15) is 6.61 Å². The second-order valence-corrected chi connectivity index (χ2v) is 8.97. The fraction of sp³-hybridized carbons (Fsp3) is 0.192. The van der Waals surface area contributed by atoms with Gasteiger partial charge in [-0.1, -0.05) is 48.5 Å². The minimum absolute atomic E-state index is 0.0607. The van der Waals surface area contributed by atoms with Crippen LogP contribution in [-0.4, -0.2) is 35.7 Å². The number of nitrogens with one attached hydrogen (secondary N) is 2. The average molecular weight is 523 g/mol. The van der Waals surface area contributed by atoms with Crippen LogP contribution in [0.4, 0.5) is 10.5 Å². The van der Waals surface area contributed by atoms with Gasteiger partial charge in [0.25, 0.3) is 5.91 Å². The Labute approximate surface area is 205 Å². The molecule has 7 nitrogen and oxygen atoms in total. The summed E-state index contributed by atoms with van der Waals surface area (Å²) < 4.78 is 6.15. The minimum atomic E-state index is -0.999. The normalized spacial score (nSPS) is 12.9. The van der Waals surface area contributed by atoms with Gasteiger partial charge < -0.3 is 15.2 Å². The third-order valence-corrected chi connectivity index (χ3v) is 6.36. The molecule has 0 spiro atoms. The van der Waals surface area contributed by atoms with E-state index in [1.807, 2.05) is 36.4 Å². The summed E-state index contributed by atoms with van der Waals surface area (Å²) in [4.78, 5) is 35.9. The van der Waals surface area contributed by atoms with Crippen LogP contribution in [0.15, 0.2) is 71.2 Å². The summed E-state index contributed by atoms with van der Waals surface area (Å²) in [7, 11) is 0. The maximum atomic E-state index is 12.6. The van der Waals surface area contributed by atoms with Gasteiger partial charge in [-0.25, -0.2) is 4.79 Å². The third-order valence-electron chi connectivity index (χ3n) is 5.67. The maximum absolute atomic E-state index is 12.6. The number of ether oxygens (including phenoxy) is 1. The molecule has 3 aromatic carbocycles. The van der Waals surface area contributed by atoms with Gasteiger partial charge in [-0.3, -0.25) is 14.9 Å². The number of hydrogen-bond acceptors (Lipinski definition) is 4. The quantitative estimate of drug-likeness (QED) is 0.385. The first-order valence-electron chi connectivity index (χ1n) is 10.8. The van der Waals surface area contributed by atoms with Crippen LogP contribution in [0, 0.1) is 0 Å². The van der Waals surface area contributed by atoms with Crippen molar-refractivity contribution >= 4 is 39.6 Å². The lowest BCUT2D eigenvalue weighted by molar-refractivity contribution is -0.137. The second-order valence-electron chi connectivity index (χ2n) is 8.12. The SMILES string of the molecule is C[C@H](CC(=O)O)NC(=O)c1ccc(Br)c(NC(=O)OCC2c3ccccc3-c3ccccc32)c1. The molecule has 34 heavy (non-hydrogen) atoms. The molecule has 0 bridgehead atoms. The van der Waals surface area contributed by atoms with Crippen LogP contribution in [0.2, 0.25) is 0 Å². The molecular formula is C26H23BrN2O5. The molecule has 2 amide bonds. The van der Waals surface area contributed by atoms with Crippen molar-refractivity contribution in [3.8, 4) is 11.1 Å². The summed E-state index contributed by atoms with van der Waals surface area (Å²) in [6.07, 6.45) is -0.827. The molecule has 0 heterocycles. The van der Waals surface area contributed by atoms with Crippen LogP contribution >= 0.6 is 15.9 Å². The molecule has 3 N–H and O–H groups in total. The number of hydrogen-bond donors (Lipinski definition) is 3. The van der Waals surface area contributed by atoms with Crippen LogP contribution in [0.5, 0.6) is 0 Å². The van der Waals surface area contributed by atoms with Crippen LogP contribution in [-0.2, 0) is 9.53 Å². The van der Waals surface area contributed by atoms with Crippen LogP contribution < -0.4 is 10.6 Å². The Morgan fingerprint density at radius 2 is 1.62 bits per heavy atom. The first-order chi connectivity index (χ1) is 16.3. The summed E-state index contributed by atoms with van der Waals surface area (Å²) in [5.41, 5.74) is 5.18. The van der Waals surface area contributed by atoms with Gasteiger partial charge in [-0.15, -0.1) is 0 Å². The number of rotatable bonds is 7. The van der Waals surface area contributed by atoms with Gasteiger partial charge >= 0.3 is 12.1 Å². The number of anilines is 1. The number of halogens is 1. The van der Waals surface area contributed by atoms with Crippen molar-refractivity contribution in [3.63, 3.8) is 0 Å². The second kappa shape index (κ2) is 10.1. The molecule has 3 aromatic rings. The molecule has 174 valence electrons. The highest BCUT2D eigenvalue weighted by atomic mass is 79.9. The molecule has 0 aliphatic heterocycles. The molecule has 1 atom stereocenters. The van der Waals surface area contributed by atoms with Gasteiger partial charge in [0.15, 0.2) is 0 Å². The Balaban J connectivity index is 1.42. The van der Waals surface area contributed by atoms with Gasteiger partial charge in [0.05, 0.1) is 12.1 Å². The number of amides is 2. The van der Waals surface area contributed by atoms with E-state index >= 15 is 0 Å². The number of carbonyl (C=O) groups is 3. The molecule has 1 aliphatic carbocycles. The van der Waals surface area contributed by atoms with Gasteiger partial charge in [0.2, 0.25) is 0 Å². The zero-order valence-electron chi connectivity index (χ0n) is 18.4. The molecule has 0 fully saturated rings. The van der Waals surface area contributed by atoms with E-state index in [1.165, 1.54) is 6.07 Å². The van der Waals surface area contributed by atoms with Crippen LogP contribution in [0.3, 0.4) is 0 Å². The Hall–Kier alpha value is -3.65. The monoisotopic (exact) mass is 522 g/mol. The predicted molar refractivity (Wildman–Crippen MR) is 132 cm³/mol. The third kappa shape index (κ3) is 5.12. The van der Waals surface area contributed by atoms with E-state index in [2.05, 4.69) is 38.7 Å². The number of benzene rings is 3. The first kappa shape index (κ1) is 23.5. The molecule has 0 aromatic heterocycles. The molecule has 0 saturated carbocycles. The molecule has 0 saturated heterocycles. The Bertz CT molecular complexity index is 1210. The fourth-order valence-electron chi connectivity index (χ4n) is 4.13. The van der Waals surface area contributed by atoms with E-state index in [4.69, 9.17) is 9.84 Å². The Kier molecular flexibility index (Phi) is 6.98. The smallest absolute Gasteiger partial charge is 0.411 e. The van der Waals surface area contributed by atoms with E-state index in [0.717, 1.165) is 22.3 Å². The van der Waals surface area contributed by atoms with Crippen molar-refractivity contribution < 1.29 is 24.2 Å². The Morgan fingerprint density at radius 3 is 2.24 bits per heavy atom. The molecule has 0 unspecified atom stereocenters. The fourth-order valence-corrected chi connectivity index (χ4v) is 4.47. The summed E-state index contributed by atoms with van der Waals surface area (Å²) >= 11 is 3.37. The summed E-state index contributed by atoms with van der Waals surface area (Å²) in [6.45, 7) is 1.78. The van der Waals surface area contributed by atoms with Gasteiger partial charge in [-0.05, 0) is 63.3 Å². The van der Waals surface area contributed by atoms with Crippen molar-refractivity contribution in [2.75, 3.05) is 11.9 Å². The molecular weight excluding hydrogens is 500 g/mol. The average Bonchev–Trinajstić information content (AvgIpc) is 3.12. The van der Waals surface area contributed by atoms with Crippen molar-refractivity contribution in [1.29, 1.82) is 0 Å². The first-order valence-corrected chi connectivity index (χ1v) is 11.6. The topological polar surface area (TPSA) is 105 Å². The van der Waals surface area contributed by atoms with Crippen molar-refractivity contribution in [2.24, 2.45) is 0 Å². The predicted octanol–water partition coefficient (Wildman–Crippen LogP) is 5.40. The number of carboxylic acids is 1. The van der Waals surface area contributed by atoms with Crippen LogP contribution in [0.1, 0.15) is 40.7 Å².